The van der Waals surface area contributed by atoms with E-state index < -0.39 is 16.6 Å². The number of aryl methyl sites for hydroxylation is 1. The zero-order valence-corrected chi connectivity index (χ0v) is 12.7. The Morgan fingerprint density at radius 1 is 1.27 bits per heavy atom. The highest BCUT2D eigenvalue weighted by molar-refractivity contribution is 7.98. The van der Waals surface area contributed by atoms with Crippen molar-refractivity contribution in [2.45, 2.75) is 11.8 Å². The summed E-state index contributed by atoms with van der Waals surface area (Å²) in [6.45, 7) is 1.71. The largest absolute Gasteiger partial charge is 0.321 e. The van der Waals surface area contributed by atoms with Gasteiger partial charge in [-0.15, -0.1) is 11.8 Å². The first-order valence-electron chi connectivity index (χ1n) is 6.32. The summed E-state index contributed by atoms with van der Waals surface area (Å²) < 4.78 is 13.3. The smallest absolute Gasteiger partial charge is 0.282 e. The second-order valence-corrected chi connectivity index (χ2v) is 5.43. The fourth-order valence-corrected chi connectivity index (χ4v) is 2.34. The van der Waals surface area contributed by atoms with E-state index in [4.69, 9.17) is 0 Å². The molecule has 0 aliphatic carbocycles. The molecule has 7 heteroatoms. The number of hydrogen-bond donors (Lipinski definition) is 1. The predicted octanol–water partition coefficient (Wildman–Crippen LogP) is 4.02. The van der Waals surface area contributed by atoms with Gasteiger partial charge in [0.25, 0.3) is 11.6 Å². The summed E-state index contributed by atoms with van der Waals surface area (Å²) in [6.07, 6.45) is 1.81. The van der Waals surface area contributed by atoms with Crippen LogP contribution < -0.4 is 5.32 Å². The fraction of sp³-hybridized carbons (Fsp3) is 0.133. The summed E-state index contributed by atoms with van der Waals surface area (Å²) in [5.41, 5.74) is 0.608. The van der Waals surface area contributed by atoms with Crippen molar-refractivity contribution in [3.05, 3.63) is 63.5 Å². The van der Waals surface area contributed by atoms with Crippen LogP contribution in [-0.2, 0) is 0 Å². The van der Waals surface area contributed by atoms with Crippen molar-refractivity contribution in [1.82, 2.24) is 0 Å². The third-order valence-corrected chi connectivity index (χ3v) is 3.82. The van der Waals surface area contributed by atoms with Gasteiger partial charge in [-0.25, -0.2) is 4.39 Å². The molecular weight excluding hydrogens is 307 g/mol. The Bertz CT molecular complexity index is 750. The molecule has 0 saturated carbocycles. The summed E-state index contributed by atoms with van der Waals surface area (Å²) in [5, 5.41) is 13.6. The van der Waals surface area contributed by atoms with Crippen molar-refractivity contribution in [2.24, 2.45) is 0 Å². The minimum Gasteiger partial charge on any atom is -0.321 e. The molecule has 0 aliphatic rings. The van der Waals surface area contributed by atoms with Crippen LogP contribution in [0, 0.1) is 22.9 Å². The first kappa shape index (κ1) is 16.0. The van der Waals surface area contributed by atoms with Gasteiger partial charge < -0.3 is 5.32 Å². The predicted molar refractivity (Wildman–Crippen MR) is 84.0 cm³/mol. The normalized spacial score (nSPS) is 10.3. The first-order valence-corrected chi connectivity index (χ1v) is 7.55. The van der Waals surface area contributed by atoms with E-state index in [1.165, 1.54) is 42.1 Å². The number of anilines is 1. The maximum atomic E-state index is 13.3. The lowest BCUT2D eigenvalue weighted by atomic mass is 10.1. The van der Waals surface area contributed by atoms with Gasteiger partial charge in [0.15, 0.2) is 0 Å². The second-order valence-electron chi connectivity index (χ2n) is 4.55. The number of nitro benzene ring substituents is 1. The Labute approximate surface area is 130 Å². The average molecular weight is 320 g/mol. The van der Waals surface area contributed by atoms with Crippen LogP contribution in [0.25, 0.3) is 0 Å². The number of carbonyl (C=O) groups is 1. The minimum absolute atomic E-state index is 0.0551. The van der Waals surface area contributed by atoms with Gasteiger partial charge in [-0.2, -0.15) is 0 Å². The third-order valence-electron chi connectivity index (χ3n) is 3.09. The molecule has 5 nitrogen and oxygen atoms in total. The summed E-state index contributed by atoms with van der Waals surface area (Å²) in [5.74, 6) is -1.13. The number of nitrogens with one attached hydrogen (secondary N) is 1. The van der Waals surface area contributed by atoms with Crippen LogP contribution in [0.15, 0.2) is 41.3 Å². The number of nitrogens with zero attached hydrogens (tertiary/aromatic N) is 1. The third kappa shape index (κ3) is 3.43. The molecule has 0 saturated heterocycles. The number of hydrogen-bond acceptors (Lipinski definition) is 4. The van der Waals surface area contributed by atoms with Gasteiger partial charge in [0, 0.05) is 16.6 Å². The number of halogens is 1. The molecule has 0 atom stereocenters. The Morgan fingerprint density at radius 2 is 2.00 bits per heavy atom. The zero-order chi connectivity index (χ0) is 16.3. The Hall–Kier alpha value is -2.41. The average Bonchev–Trinajstić information content (AvgIpc) is 2.50. The van der Waals surface area contributed by atoms with Gasteiger partial charge in [-0.1, -0.05) is 6.07 Å². The lowest BCUT2D eigenvalue weighted by molar-refractivity contribution is -0.385. The van der Waals surface area contributed by atoms with Crippen LogP contribution in [-0.4, -0.2) is 17.1 Å². The molecule has 0 fully saturated rings. The van der Waals surface area contributed by atoms with Crippen LogP contribution in [0.4, 0.5) is 15.8 Å². The molecule has 0 bridgehead atoms. The molecule has 2 aromatic carbocycles. The van der Waals surface area contributed by atoms with E-state index in [1.54, 1.807) is 19.2 Å². The maximum absolute atomic E-state index is 13.3. The van der Waals surface area contributed by atoms with E-state index in [9.17, 15) is 19.3 Å². The Kier molecular flexibility index (Phi) is 4.77. The van der Waals surface area contributed by atoms with E-state index in [-0.39, 0.29) is 16.9 Å². The van der Waals surface area contributed by atoms with Gasteiger partial charge in [0.05, 0.1) is 4.92 Å². The molecule has 2 aromatic rings. The lowest BCUT2D eigenvalue weighted by Crippen LogP contribution is -2.15. The number of carbonyl (C=O) groups excluding carboxylic acids is 1. The van der Waals surface area contributed by atoms with Crippen LogP contribution in [0.5, 0.6) is 0 Å². The summed E-state index contributed by atoms with van der Waals surface area (Å²) in [7, 11) is 0. The topological polar surface area (TPSA) is 72.2 Å². The number of benzene rings is 2. The van der Waals surface area contributed by atoms with Crippen LogP contribution in [0.2, 0.25) is 0 Å². The molecule has 0 heterocycles. The molecule has 114 valence electrons. The highest BCUT2D eigenvalue weighted by Gasteiger charge is 2.21. The molecule has 0 aromatic heterocycles. The van der Waals surface area contributed by atoms with Gasteiger partial charge in [-0.05, 0) is 43.0 Å². The molecule has 0 unspecified atom stereocenters. The SMILES string of the molecule is CSc1ccc([N+](=O)[O-])c(C(=O)Nc2cc(F)ccc2C)c1. The van der Waals surface area contributed by atoms with E-state index in [2.05, 4.69) is 5.32 Å². The molecule has 22 heavy (non-hydrogen) atoms. The van der Waals surface area contributed by atoms with Crippen molar-refractivity contribution in [3.8, 4) is 0 Å². The standard InChI is InChI=1S/C15H13FN2O3S/c1-9-3-4-10(16)7-13(9)17-15(19)12-8-11(22-2)5-6-14(12)18(20)21/h3-8H,1-2H3,(H,17,19). The van der Waals surface area contributed by atoms with Gasteiger partial charge >= 0.3 is 0 Å². The minimum atomic E-state index is -0.642. The quantitative estimate of drug-likeness (QED) is 0.525. The molecule has 0 spiro atoms. The van der Waals surface area contributed by atoms with Crippen LogP contribution >= 0.6 is 11.8 Å². The fourth-order valence-electron chi connectivity index (χ4n) is 1.90. The van der Waals surface area contributed by atoms with Crippen molar-refractivity contribution >= 4 is 29.0 Å². The summed E-state index contributed by atoms with van der Waals surface area (Å²) >= 11 is 1.37. The van der Waals surface area contributed by atoms with Crippen LogP contribution in [0.3, 0.4) is 0 Å². The van der Waals surface area contributed by atoms with E-state index >= 15 is 0 Å². The van der Waals surface area contributed by atoms with E-state index in [1.807, 2.05) is 0 Å². The van der Waals surface area contributed by atoms with Crippen molar-refractivity contribution in [1.29, 1.82) is 0 Å². The van der Waals surface area contributed by atoms with Crippen molar-refractivity contribution in [3.63, 3.8) is 0 Å². The zero-order valence-electron chi connectivity index (χ0n) is 11.9. The van der Waals surface area contributed by atoms with E-state index in [0.29, 0.717) is 5.56 Å². The molecule has 1 N–H and O–H groups in total. The monoisotopic (exact) mass is 320 g/mol. The highest BCUT2D eigenvalue weighted by Crippen LogP contribution is 2.26. The molecule has 1 amide bonds. The number of amides is 1. The maximum Gasteiger partial charge on any atom is 0.282 e. The number of thioether (sulfide) groups is 1. The van der Waals surface area contributed by atoms with Gasteiger partial charge in [0.2, 0.25) is 0 Å². The second kappa shape index (κ2) is 6.57. The molecule has 2 rings (SSSR count). The molecular formula is C15H13FN2O3S. The number of nitro groups is 1. The Balaban J connectivity index is 2.40. The molecule has 0 radical (unpaired) electrons. The van der Waals surface area contributed by atoms with Gasteiger partial charge in [-0.3, -0.25) is 14.9 Å². The highest BCUT2D eigenvalue weighted by atomic mass is 32.2. The Morgan fingerprint density at radius 3 is 2.64 bits per heavy atom. The lowest BCUT2D eigenvalue weighted by Gasteiger charge is -2.09. The van der Waals surface area contributed by atoms with E-state index in [0.717, 1.165) is 4.90 Å². The summed E-state index contributed by atoms with van der Waals surface area (Å²) in [6, 6.07) is 8.30. The van der Waals surface area contributed by atoms with Crippen molar-refractivity contribution < 1.29 is 14.1 Å². The number of rotatable bonds is 4. The summed E-state index contributed by atoms with van der Waals surface area (Å²) in [4.78, 5) is 23.5. The van der Waals surface area contributed by atoms with Crippen molar-refractivity contribution in [2.75, 3.05) is 11.6 Å². The van der Waals surface area contributed by atoms with Crippen LogP contribution in [0.1, 0.15) is 15.9 Å². The first-order chi connectivity index (χ1) is 10.4. The molecule has 0 aliphatic heterocycles. The van der Waals surface area contributed by atoms with Gasteiger partial charge in [0.1, 0.15) is 11.4 Å².